The molecule has 12 aromatic rings. The van der Waals surface area contributed by atoms with Gasteiger partial charge in [0.05, 0.1) is 39.3 Å². The number of imidazole rings is 2. The fourth-order valence-corrected chi connectivity index (χ4v) is 10.4. The predicted molar refractivity (Wildman–Crippen MR) is 294 cm³/mol. The first-order valence-corrected chi connectivity index (χ1v) is 24.6. The van der Waals surface area contributed by atoms with E-state index in [-0.39, 0.29) is 37.5 Å². The van der Waals surface area contributed by atoms with E-state index in [0.717, 1.165) is 66.1 Å². The number of fused-ring (bicyclic) bond motifs is 8. The van der Waals surface area contributed by atoms with E-state index in [4.69, 9.17) is 18.5 Å². The second kappa shape index (κ2) is 19.2. The molecule has 0 saturated carbocycles. The van der Waals surface area contributed by atoms with Crippen LogP contribution in [-0.2, 0) is 20.1 Å². The Labute approximate surface area is 434 Å². The van der Waals surface area contributed by atoms with Crippen LogP contribution in [0.5, 0.6) is 0 Å². The normalized spacial score (nSPS) is 12.6. The second-order valence-electron chi connectivity index (χ2n) is 19.7. The van der Waals surface area contributed by atoms with E-state index in [1.165, 1.54) is 27.9 Å². The van der Waals surface area contributed by atoms with Crippen molar-refractivity contribution in [3.63, 3.8) is 0 Å². The zero-order valence-electron chi connectivity index (χ0n) is 44.4. The second-order valence-corrected chi connectivity index (χ2v) is 19.7. The van der Waals surface area contributed by atoms with Gasteiger partial charge in [-0.3, -0.25) is 9.97 Å². The van der Waals surface area contributed by atoms with Gasteiger partial charge in [-0.2, -0.15) is 0 Å². The Morgan fingerprint density at radius 1 is 0.507 bits per heavy atom. The van der Waals surface area contributed by atoms with Crippen LogP contribution in [-0.4, -0.2) is 19.1 Å². The molecule has 355 valence electrons. The molecule has 0 bridgehead atoms. The number of rotatable bonds is 8. The molecule has 0 unspecified atom stereocenters. The molecule has 0 atom stereocenters. The van der Waals surface area contributed by atoms with Crippen molar-refractivity contribution in [2.75, 3.05) is 0 Å². The summed E-state index contributed by atoms with van der Waals surface area (Å²) in [6.07, 6.45) is 0. The summed E-state index contributed by atoms with van der Waals surface area (Å²) in [5, 5.41) is 5.69. The first-order chi connectivity index (χ1) is 35.2. The number of para-hydroxylation sites is 6. The van der Waals surface area contributed by atoms with Gasteiger partial charge in [0.15, 0.2) is 0 Å². The number of hydrogen-bond acceptors (Lipinski definition) is 3. The molecule has 0 aliphatic heterocycles. The summed E-state index contributed by atoms with van der Waals surface area (Å²) in [6.45, 7) is 15.5. The molecule has 3 heterocycles. The maximum Gasteiger partial charge on any atom is 0.121 e. The van der Waals surface area contributed by atoms with Gasteiger partial charge in [-0.05, 0) is 104 Å². The molecule has 0 aliphatic rings. The van der Waals surface area contributed by atoms with Crippen LogP contribution in [0, 0.1) is 19.0 Å². The van der Waals surface area contributed by atoms with Crippen molar-refractivity contribution in [1.29, 1.82) is 0 Å². The van der Waals surface area contributed by atoms with Crippen LogP contribution in [0.4, 0.5) is 0 Å². The SMILES string of the molecule is CC(C)c1cccc(C(C)C)c1-n1c(-c2[c-]cccc2)nc2ccccc21.[2H]C([2H])([2H])c1c[c-]c(-c2nc3ccccc3n2-c2c(C(C)C)cccc2C(C)C)c2oc3cc4ccc5ccccc5c4cc3c12.[Ir]. The monoisotopic (exact) mass is 1110 g/mol. The molecule has 0 fully saturated rings. The average molecular weight is 1110 g/mol. The van der Waals surface area contributed by atoms with E-state index < -0.39 is 6.85 Å². The van der Waals surface area contributed by atoms with Crippen LogP contribution in [0.3, 0.4) is 0 Å². The standard InChI is InChI=1S/C40H33N2O.C25H25N2.Ir/c1-23(2)28-13-10-14-29(24(3)4)38(28)42-35-16-9-8-15-34(35)41-40(42)31-20-17-25(5)37-33-22-32-27(21-36(33)43-39(31)37)19-18-26-11-6-7-12-30(26)32;1-17(2)20-13-10-14-21(18(3)4)24(20)27-23-16-9-8-15-22(23)26-25(27)19-11-6-5-7-12-19;/h6-19,21-24H,1-5H3;5-11,13-18H,1-4H3;/q2*-1;/i5D3;;. The van der Waals surface area contributed by atoms with Crippen molar-refractivity contribution in [3.8, 4) is 34.2 Å². The van der Waals surface area contributed by atoms with Crippen LogP contribution in [0.15, 0.2) is 168 Å². The fraction of sp³-hybridized carbons (Fsp3) is 0.200. The van der Waals surface area contributed by atoms with Crippen molar-refractivity contribution in [1.82, 2.24) is 19.1 Å². The van der Waals surface area contributed by atoms with E-state index in [9.17, 15) is 0 Å². The quantitative estimate of drug-likeness (QED) is 0.113. The first kappa shape index (κ1) is 43.9. The Kier molecular flexibility index (Phi) is 11.9. The van der Waals surface area contributed by atoms with E-state index in [1.807, 2.05) is 54.6 Å². The molecular formula is C65H58IrN4O-2. The van der Waals surface area contributed by atoms with Gasteiger partial charge in [0.25, 0.3) is 0 Å². The summed E-state index contributed by atoms with van der Waals surface area (Å²) in [7, 11) is 0. The minimum absolute atomic E-state index is 0. The van der Waals surface area contributed by atoms with E-state index in [2.05, 4.69) is 180 Å². The maximum absolute atomic E-state index is 8.50. The van der Waals surface area contributed by atoms with Gasteiger partial charge in [-0.25, -0.2) is 0 Å². The molecule has 0 spiro atoms. The van der Waals surface area contributed by atoms with Crippen molar-refractivity contribution in [2.45, 2.75) is 85.9 Å². The molecule has 0 saturated heterocycles. The molecule has 12 rings (SSSR count). The molecule has 0 aliphatic carbocycles. The summed E-state index contributed by atoms with van der Waals surface area (Å²) in [4.78, 5) is 10.2. The molecule has 0 amide bonds. The van der Waals surface area contributed by atoms with Gasteiger partial charge in [-0.1, -0.05) is 170 Å². The van der Waals surface area contributed by atoms with Gasteiger partial charge in [0.1, 0.15) is 5.58 Å². The average Bonchev–Trinajstić information content (AvgIpc) is 4.09. The third-order valence-electron chi connectivity index (χ3n) is 13.8. The third kappa shape index (κ3) is 8.27. The van der Waals surface area contributed by atoms with Crippen molar-refractivity contribution >= 4 is 65.6 Å². The van der Waals surface area contributed by atoms with Gasteiger partial charge in [0.2, 0.25) is 0 Å². The molecule has 0 N–H and O–H groups in total. The number of hydrogen-bond donors (Lipinski definition) is 0. The molecule has 9 aromatic carbocycles. The molecule has 6 heteroatoms. The maximum atomic E-state index is 8.50. The molecule has 1 radical (unpaired) electrons. The van der Waals surface area contributed by atoms with Crippen LogP contribution < -0.4 is 0 Å². The number of furan rings is 1. The molecular weight excluding hydrogens is 1040 g/mol. The van der Waals surface area contributed by atoms with Crippen molar-refractivity contribution in [2.24, 2.45) is 0 Å². The summed E-state index contributed by atoms with van der Waals surface area (Å²) >= 11 is 0. The van der Waals surface area contributed by atoms with Gasteiger partial charge in [-0.15, -0.1) is 53.6 Å². The van der Waals surface area contributed by atoms with Crippen LogP contribution in [0.25, 0.3) is 99.7 Å². The fourth-order valence-electron chi connectivity index (χ4n) is 10.4. The Balaban J connectivity index is 0.000000191. The number of nitrogens with zero attached hydrogens (tertiary/aromatic N) is 4. The van der Waals surface area contributed by atoms with Crippen LogP contribution in [0.2, 0.25) is 0 Å². The molecule has 5 nitrogen and oxygen atoms in total. The Morgan fingerprint density at radius 2 is 1.04 bits per heavy atom. The largest absolute Gasteiger partial charge is 0.501 e. The minimum Gasteiger partial charge on any atom is -0.501 e. The Morgan fingerprint density at radius 3 is 1.62 bits per heavy atom. The van der Waals surface area contributed by atoms with E-state index >= 15 is 0 Å². The van der Waals surface area contributed by atoms with Gasteiger partial charge in [0, 0.05) is 41.0 Å². The van der Waals surface area contributed by atoms with Crippen molar-refractivity contribution < 1.29 is 28.6 Å². The van der Waals surface area contributed by atoms with Crippen molar-refractivity contribution in [3.05, 3.63) is 204 Å². The van der Waals surface area contributed by atoms with E-state index in [1.54, 1.807) is 6.07 Å². The third-order valence-corrected chi connectivity index (χ3v) is 13.8. The molecule has 3 aromatic heterocycles. The topological polar surface area (TPSA) is 48.8 Å². The van der Waals surface area contributed by atoms with Crippen LogP contribution >= 0.6 is 0 Å². The molecule has 71 heavy (non-hydrogen) atoms. The van der Waals surface area contributed by atoms with Gasteiger partial charge >= 0.3 is 0 Å². The zero-order chi connectivity index (χ0) is 50.9. The number of aromatic nitrogens is 4. The zero-order valence-corrected chi connectivity index (χ0v) is 43.8. The summed E-state index contributed by atoms with van der Waals surface area (Å²) in [6, 6.07) is 62.8. The summed E-state index contributed by atoms with van der Waals surface area (Å²) in [5.74, 6) is 3.00. The minimum atomic E-state index is -2.37. The Bertz CT molecular complexity index is 3990. The summed E-state index contributed by atoms with van der Waals surface area (Å²) in [5.41, 5.74) is 14.5. The summed E-state index contributed by atoms with van der Waals surface area (Å²) < 4.78 is 36.8. The smallest absolute Gasteiger partial charge is 0.121 e. The van der Waals surface area contributed by atoms with Crippen LogP contribution in [0.1, 0.15) is 111 Å². The number of benzene rings is 9. The first-order valence-electron chi connectivity index (χ1n) is 26.1. The van der Waals surface area contributed by atoms with E-state index in [0.29, 0.717) is 39.8 Å². The predicted octanol–water partition coefficient (Wildman–Crippen LogP) is 18.0. The number of aryl methyl sites for hydroxylation is 1. The Hall–Kier alpha value is -7.11. The van der Waals surface area contributed by atoms with Gasteiger partial charge < -0.3 is 13.6 Å².